The number of hydrogen-bond acceptors (Lipinski definition) is 4. The molecule has 0 aliphatic carbocycles. The van der Waals surface area contributed by atoms with Gasteiger partial charge in [0.1, 0.15) is 0 Å². The number of rotatable bonds is 20. The highest BCUT2D eigenvalue weighted by atomic mass is 16.5. The van der Waals surface area contributed by atoms with Gasteiger partial charge in [0.2, 0.25) is 11.8 Å². The van der Waals surface area contributed by atoms with E-state index in [4.69, 9.17) is 9.47 Å². The highest BCUT2D eigenvalue weighted by molar-refractivity contribution is 5.78. The highest BCUT2D eigenvalue weighted by Gasteiger charge is 2.19. The van der Waals surface area contributed by atoms with Gasteiger partial charge in [-0.1, -0.05) is 53.4 Å². The molecule has 0 aromatic heterocycles. The number of ether oxygens (including phenoxy) is 2. The van der Waals surface area contributed by atoms with E-state index < -0.39 is 0 Å². The molecule has 2 unspecified atom stereocenters. The summed E-state index contributed by atoms with van der Waals surface area (Å²) < 4.78 is 11.7. The van der Waals surface area contributed by atoms with E-state index in [1.54, 1.807) is 0 Å². The molecule has 6 nitrogen and oxygen atoms in total. The van der Waals surface area contributed by atoms with E-state index in [0.717, 1.165) is 45.1 Å². The van der Waals surface area contributed by atoms with Gasteiger partial charge >= 0.3 is 0 Å². The van der Waals surface area contributed by atoms with Crippen LogP contribution in [0.25, 0.3) is 0 Å². The second-order valence-electron chi connectivity index (χ2n) is 9.47. The Kier molecular flexibility index (Phi) is 17.8. The van der Waals surface area contributed by atoms with Gasteiger partial charge in [0.15, 0.2) is 0 Å². The molecule has 0 bridgehead atoms. The average molecular weight is 443 g/mol. The Morgan fingerprint density at radius 1 is 0.903 bits per heavy atom. The molecule has 0 radical (unpaired) electrons. The SMILES string of the molecule is CCCCCC(C)C(=O)NCCC(C)COCCC(C)(C)OCCC(=O)NCCCC. The van der Waals surface area contributed by atoms with Gasteiger partial charge in [-0.3, -0.25) is 9.59 Å². The highest BCUT2D eigenvalue weighted by Crippen LogP contribution is 2.15. The number of amides is 2. The summed E-state index contributed by atoms with van der Waals surface area (Å²) in [6, 6.07) is 0. The summed E-state index contributed by atoms with van der Waals surface area (Å²) in [5.74, 6) is 0.716. The molecule has 31 heavy (non-hydrogen) atoms. The first kappa shape index (κ1) is 29.9. The Bertz CT molecular complexity index is 468. The first-order valence-electron chi connectivity index (χ1n) is 12.5. The van der Waals surface area contributed by atoms with E-state index in [9.17, 15) is 9.59 Å². The molecule has 0 aliphatic heterocycles. The first-order valence-corrected chi connectivity index (χ1v) is 12.5. The second kappa shape index (κ2) is 18.4. The minimum atomic E-state index is -0.311. The lowest BCUT2D eigenvalue weighted by Crippen LogP contribution is -2.31. The monoisotopic (exact) mass is 442 g/mol. The second-order valence-corrected chi connectivity index (χ2v) is 9.47. The van der Waals surface area contributed by atoms with Crippen molar-refractivity contribution in [1.82, 2.24) is 10.6 Å². The third-order valence-corrected chi connectivity index (χ3v) is 5.55. The number of hydrogen-bond donors (Lipinski definition) is 2. The zero-order chi connectivity index (χ0) is 23.5. The van der Waals surface area contributed by atoms with Gasteiger partial charge in [-0.2, -0.15) is 0 Å². The third kappa shape index (κ3) is 18.2. The molecule has 2 amide bonds. The summed E-state index contributed by atoms with van der Waals surface area (Å²) in [6.07, 6.45) is 8.67. The molecule has 0 saturated carbocycles. The van der Waals surface area contributed by atoms with Gasteiger partial charge in [0.05, 0.1) is 12.2 Å². The van der Waals surface area contributed by atoms with Crippen molar-refractivity contribution in [2.45, 2.75) is 105 Å². The number of carbonyl (C=O) groups is 2. The van der Waals surface area contributed by atoms with Crippen LogP contribution in [0.2, 0.25) is 0 Å². The van der Waals surface area contributed by atoms with E-state index in [1.807, 2.05) is 20.8 Å². The van der Waals surface area contributed by atoms with Crippen molar-refractivity contribution in [1.29, 1.82) is 0 Å². The Morgan fingerprint density at radius 2 is 1.61 bits per heavy atom. The summed E-state index contributed by atoms with van der Waals surface area (Å²) >= 11 is 0. The lowest BCUT2D eigenvalue weighted by Gasteiger charge is -2.25. The summed E-state index contributed by atoms with van der Waals surface area (Å²) in [7, 11) is 0. The third-order valence-electron chi connectivity index (χ3n) is 5.55. The molecule has 184 valence electrons. The average Bonchev–Trinajstić information content (AvgIpc) is 2.71. The molecule has 0 aliphatic rings. The quantitative estimate of drug-likeness (QED) is 0.264. The van der Waals surface area contributed by atoms with Crippen LogP contribution in [0.4, 0.5) is 0 Å². The van der Waals surface area contributed by atoms with Gasteiger partial charge in [0, 0.05) is 38.6 Å². The number of carbonyl (C=O) groups excluding carboxylic acids is 2. The van der Waals surface area contributed by atoms with Crippen LogP contribution in [0.3, 0.4) is 0 Å². The molecule has 0 saturated heterocycles. The maximum atomic E-state index is 12.1. The predicted octanol–water partition coefficient (Wildman–Crippen LogP) is 4.85. The molecular formula is C25H50N2O4. The smallest absolute Gasteiger partial charge is 0.222 e. The Labute approximate surface area is 191 Å². The molecule has 0 aromatic carbocycles. The van der Waals surface area contributed by atoms with Crippen molar-refractivity contribution in [3.05, 3.63) is 0 Å². The summed E-state index contributed by atoms with van der Waals surface area (Å²) in [4.78, 5) is 23.8. The van der Waals surface area contributed by atoms with Crippen molar-refractivity contribution in [2.24, 2.45) is 11.8 Å². The molecular weight excluding hydrogens is 392 g/mol. The standard InChI is InChI=1S/C25H50N2O4/c1-7-9-11-12-22(4)24(29)27-17-13-21(3)20-30-19-15-25(5,6)31-18-14-23(28)26-16-10-8-2/h21-22H,7-20H2,1-6H3,(H,26,28)(H,27,29). The fourth-order valence-electron chi connectivity index (χ4n) is 3.12. The minimum absolute atomic E-state index is 0.0526. The molecule has 6 heteroatoms. The topological polar surface area (TPSA) is 76.7 Å². The van der Waals surface area contributed by atoms with Gasteiger partial charge in [-0.05, 0) is 45.4 Å². The molecule has 2 atom stereocenters. The predicted molar refractivity (Wildman–Crippen MR) is 128 cm³/mol. The molecule has 0 rings (SSSR count). The largest absolute Gasteiger partial charge is 0.381 e. The van der Waals surface area contributed by atoms with Crippen LogP contribution < -0.4 is 10.6 Å². The zero-order valence-electron chi connectivity index (χ0n) is 21.2. The van der Waals surface area contributed by atoms with E-state index in [2.05, 4.69) is 31.4 Å². The zero-order valence-corrected chi connectivity index (χ0v) is 21.2. The molecule has 0 heterocycles. The van der Waals surface area contributed by atoms with Gasteiger partial charge < -0.3 is 20.1 Å². The Hall–Kier alpha value is -1.14. The van der Waals surface area contributed by atoms with Crippen LogP contribution in [0.5, 0.6) is 0 Å². The maximum Gasteiger partial charge on any atom is 0.222 e. The van der Waals surface area contributed by atoms with E-state index >= 15 is 0 Å². The fourth-order valence-corrected chi connectivity index (χ4v) is 3.12. The van der Waals surface area contributed by atoms with Gasteiger partial charge in [-0.15, -0.1) is 0 Å². The van der Waals surface area contributed by atoms with Crippen LogP contribution in [-0.4, -0.2) is 50.3 Å². The number of nitrogens with one attached hydrogen (secondary N) is 2. The molecule has 2 N–H and O–H groups in total. The van der Waals surface area contributed by atoms with E-state index in [1.165, 1.54) is 12.8 Å². The van der Waals surface area contributed by atoms with Crippen molar-refractivity contribution in [2.75, 3.05) is 32.9 Å². The van der Waals surface area contributed by atoms with E-state index in [-0.39, 0.29) is 23.3 Å². The van der Waals surface area contributed by atoms with Crippen molar-refractivity contribution < 1.29 is 19.1 Å². The molecule has 0 fully saturated rings. The van der Waals surface area contributed by atoms with Crippen LogP contribution in [0.15, 0.2) is 0 Å². The summed E-state index contributed by atoms with van der Waals surface area (Å²) in [6.45, 7) is 15.7. The maximum absolute atomic E-state index is 12.1. The fraction of sp³-hybridized carbons (Fsp3) is 0.920. The number of unbranched alkanes of at least 4 members (excludes halogenated alkanes) is 3. The normalized spacial score (nSPS) is 13.6. The Balaban J connectivity index is 3.78. The van der Waals surface area contributed by atoms with Crippen LogP contribution in [0, 0.1) is 11.8 Å². The lowest BCUT2D eigenvalue weighted by molar-refractivity contribution is -0.125. The van der Waals surface area contributed by atoms with Crippen LogP contribution in [0.1, 0.15) is 99.3 Å². The summed E-state index contributed by atoms with van der Waals surface area (Å²) in [5, 5.41) is 5.96. The lowest BCUT2D eigenvalue weighted by atomic mass is 10.0. The minimum Gasteiger partial charge on any atom is -0.381 e. The van der Waals surface area contributed by atoms with E-state index in [0.29, 0.717) is 38.7 Å². The van der Waals surface area contributed by atoms with Crippen molar-refractivity contribution in [3.63, 3.8) is 0 Å². The Morgan fingerprint density at radius 3 is 2.29 bits per heavy atom. The van der Waals surface area contributed by atoms with Crippen molar-refractivity contribution in [3.8, 4) is 0 Å². The molecule has 0 aromatic rings. The van der Waals surface area contributed by atoms with Crippen LogP contribution in [-0.2, 0) is 19.1 Å². The van der Waals surface area contributed by atoms with Crippen molar-refractivity contribution >= 4 is 11.8 Å². The van der Waals surface area contributed by atoms with Gasteiger partial charge in [-0.25, -0.2) is 0 Å². The molecule has 0 spiro atoms. The van der Waals surface area contributed by atoms with Gasteiger partial charge in [0.25, 0.3) is 0 Å². The summed E-state index contributed by atoms with van der Waals surface area (Å²) in [5.41, 5.74) is -0.311. The first-order chi connectivity index (χ1) is 14.7. The van der Waals surface area contributed by atoms with Crippen LogP contribution >= 0.6 is 0 Å².